The van der Waals surface area contributed by atoms with Crippen molar-refractivity contribution in [2.24, 2.45) is 0 Å². The quantitative estimate of drug-likeness (QED) is 0.192. The van der Waals surface area contributed by atoms with Crippen molar-refractivity contribution >= 4 is 66.1 Å². The van der Waals surface area contributed by atoms with Gasteiger partial charge in [-0.1, -0.05) is 64.5 Å². The van der Waals surface area contributed by atoms with Crippen LogP contribution >= 0.6 is 27.7 Å². The van der Waals surface area contributed by atoms with Gasteiger partial charge in [0.25, 0.3) is 5.91 Å². The maximum Gasteiger partial charge on any atom is 0.349 e. The number of carbonyl (C=O) groups excluding carboxylic acids is 1. The summed E-state index contributed by atoms with van der Waals surface area (Å²) in [5.41, 5.74) is 1.05. The van der Waals surface area contributed by atoms with E-state index >= 15 is 0 Å². The number of hydrogen-bond donors (Lipinski definition) is 0. The normalized spacial score (nSPS) is 16.2. The van der Waals surface area contributed by atoms with Gasteiger partial charge in [-0.3, -0.25) is 4.79 Å². The molecule has 0 unspecified atom stereocenters. The minimum atomic E-state index is -0.603. The molecular formula is C27H18BrNO3S. The van der Waals surface area contributed by atoms with Crippen LogP contribution in [0.3, 0.4) is 0 Å². The summed E-state index contributed by atoms with van der Waals surface area (Å²) >= 11 is 5.18. The first-order valence-electron chi connectivity index (χ1n) is 10.7. The highest BCUT2D eigenvalue weighted by molar-refractivity contribution is 9.10. The maximum atomic E-state index is 13.7. The number of benzene rings is 4. The summed E-state index contributed by atoms with van der Waals surface area (Å²) in [6.45, 7) is 0.571. The SMILES string of the molecule is O=C(c1cc2cc(Br)ccc2oc1=O)N1CCS[C@@H]1c1c2ccccc2cc2ccccc12. The van der Waals surface area contributed by atoms with E-state index < -0.39 is 5.63 Å². The molecule has 1 fully saturated rings. The van der Waals surface area contributed by atoms with Crippen molar-refractivity contribution in [2.75, 3.05) is 12.3 Å². The summed E-state index contributed by atoms with van der Waals surface area (Å²) < 4.78 is 6.34. The molecule has 1 atom stereocenters. The van der Waals surface area contributed by atoms with Gasteiger partial charge in [0, 0.05) is 27.7 Å². The van der Waals surface area contributed by atoms with Crippen LogP contribution in [0.4, 0.5) is 0 Å². The van der Waals surface area contributed by atoms with Crippen LogP contribution in [0.15, 0.2) is 92.5 Å². The second-order valence-corrected chi connectivity index (χ2v) is 10.2. The van der Waals surface area contributed by atoms with Crippen molar-refractivity contribution in [3.8, 4) is 0 Å². The summed E-state index contributed by atoms with van der Waals surface area (Å²) in [7, 11) is 0. The van der Waals surface area contributed by atoms with Gasteiger partial charge in [-0.2, -0.15) is 0 Å². The average Bonchev–Trinajstić information content (AvgIpc) is 3.31. The third-order valence-corrected chi connectivity index (χ3v) is 7.85. The molecule has 0 radical (unpaired) electrons. The van der Waals surface area contributed by atoms with Crippen molar-refractivity contribution in [1.82, 2.24) is 4.90 Å². The Balaban J connectivity index is 1.51. The fourth-order valence-electron chi connectivity index (χ4n) is 4.63. The summed E-state index contributed by atoms with van der Waals surface area (Å²) in [6, 6.07) is 25.8. The van der Waals surface area contributed by atoms with Gasteiger partial charge in [-0.25, -0.2) is 4.79 Å². The number of halogens is 1. The Morgan fingerprint density at radius 3 is 2.33 bits per heavy atom. The summed E-state index contributed by atoms with van der Waals surface area (Å²) in [5.74, 6) is 0.510. The van der Waals surface area contributed by atoms with E-state index in [-0.39, 0.29) is 16.8 Å². The molecule has 2 heterocycles. The van der Waals surface area contributed by atoms with Gasteiger partial charge < -0.3 is 9.32 Å². The van der Waals surface area contributed by atoms with E-state index in [1.165, 1.54) is 0 Å². The zero-order chi connectivity index (χ0) is 22.5. The molecule has 1 amide bonds. The second kappa shape index (κ2) is 8.04. The minimum absolute atomic E-state index is 0.0673. The molecule has 0 aliphatic carbocycles. The number of amides is 1. The number of nitrogens with zero attached hydrogens (tertiary/aromatic N) is 1. The molecule has 1 aromatic heterocycles. The molecule has 6 heteroatoms. The fraction of sp³-hybridized carbons (Fsp3) is 0.111. The van der Waals surface area contributed by atoms with Crippen molar-refractivity contribution in [1.29, 1.82) is 0 Å². The van der Waals surface area contributed by atoms with Crippen LogP contribution in [0.25, 0.3) is 32.5 Å². The van der Waals surface area contributed by atoms with Gasteiger partial charge in [0.2, 0.25) is 0 Å². The molecule has 6 rings (SSSR count). The van der Waals surface area contributed by atoms with Crippen LogP contribution in [-0.2, 0) is 0 Å². The van der Waals surface area contributed by atoms with E-state index in [9.17, 15) is 9.59 Å². The molecule has 4 aromatic carbocycles. The number of fused-ring (bicyclic) bond motifs is 3. The molecule has 1 aliphatic heterocycles. The average molecular weight is 516 g/mol. The van der Waals surface area contributed by atoms with E-state index in [2.05, 4.69) is 46.3 Å². The second-order valence-electron chi connectivity index (χ2n) is 8.08. The highest BCUT2D eigenvalue weighted by atomic mass is 79.9. The van der Waals surface area contributed by atoms with Crippen LogP contribution in [-0.4, -0.2) is 23.1 Å². The molecule has 1 saturated heterocycles. The van der Waals surface area contributed by atoms with Gasteiger partial charge in [0.05, 0.1) is 0 Å². The van der Waals surface area contributed by atoms with Crippen molar-refractivity contribution < 1.29 is 9.21 Å². The first-order chi connectivity index (χ1) is 16.1. The van der Waals surface area contributed by atoms with E-state index in [0.717, 1.165) is 37.3 Å². The lowest BCUT2D eigenvalue weighted by Gasteiger charge is -2.26. The third-order valence-electron chi connectivity index (χ3n) is 6.14. The predicted molar refractivity (Wildman–Crippen MR) is 138 cm³/mol. The van der Waals surface area contributed by atoms with E-state index in [1.54, 1.807) is 23.9 Å². The molecule has 1 aliphatic rings. The largest absolute Gasteiger partial charge is 0.422 e. The van der Waals surface area contributed by atoms with Gasteiger partial charge in [0.1, 0.15) is 16.5 Å². The van der Waals surface area contributed by atoms with Crippen LogP contribution < -0.4 is 5.63 Å². The molecular weight excluding hydrogens is 498 g/mol. The molecule has 5 aromatic rings. The van der Waals surface area contributed by atoms with E-state index in [1.807, 2.05) is 41.3 Å². The Hall–Kier alpha value is -3.09. The lowest BCUT2D eigenvalue weighted by molar-refractivity contribution is 0.0757. The first-order valence-corrected chi connectivity index (χ1v) is 12.5. The molecule has 162 valence electrons. The Labute approximate surface area is 202 Å². The number of rotatable bonds is 2. The Kier molecular flexibility index (Phi) is 5.00. The fourth-order valence-corrected chi connectivity index (χ4v) is 6.34. The first kappa shape index (κ1) is 20.5. The predicted octanol–water partition coefficient (Wildman–Crippen LogP) is 6.75. The van der Waals surface area contributed by atoms with Crippen molar-refractivity contribution in [3.63, 3.8) is 0 Å². The minimum Gasteiger partial charge on any atom is -0.422 e. The van der Waals surface area contributed by atoms with Crippen molar-refractivity contribution in [2.45, 2.75) is 5.37 Å². The maximum absolute atomic E-state index is 13.7. The summed E-state index contributed by atoms with van der Waals surface area (Å²) in [4.78, 5) is 28.3. The lowest BCUT2D eigenvalue weighted by atomic mass is 9.96. The third kappa shape index (κ3) is 3.45. The zero-order valence-corrected chi connectivity index (χ0v) is 19.9. The van der Waals surface area contributed by atoms with E-state index in [4.69, 9.17) is 4.42 Å². The Morgan fingerprint density at radius 2 is 1.61 bits per heavy atom. The monoisotopic (exact) mass is 515 g/mol. The van der Waals surface area contributed by atoms with Gasteiger partial charge in [-0.15, -0.1) is 11.8 Å². The highest BCUT2D eigenvalue weighted by Gasteiger charge is 2.34. The van der Waals surface area contributed by atoms with Gasteiger partial charge >= 0.3 is 5.63 Å². The molecule has 0 bridgehead atoms. The molecule has 33 heavy (non-hydrogen) atoms. The number of carbonyl (C=O) groups is 1. The van der Waals surface area contributed by atoms with Crippen LogP contribution in [0.1, 0.15) is 21.3 Å². The molecule has 0 spiro atoms. The summed E-state index contributed by atoms with van der Waals surface area (Å²) in [6.07, 6.45) is 0. The Morgan fingerprint density at radius 1 is 0.909 bits per heavy atom. The topological polar surface area (TPSA) is 50.5 Å². The lowest BCUT2D eigenvalue weighted by Crippen LogP contribution is -2.33. The molecule has 0 N–H and O–H groups in total. The van der Waals surface area contributed by atoms with Crippen LogP contribution in [0.2, 0.25) is 0 Å². The van der Waals surface area contributed by atoms with Gasteiger partial charge in [-0.05, 0) is 51.9 Å². The molecule has 0 saturated carbocycles. The van der Waals surface area contributed by atoms with Crippen LogP contribution in [0.5, 0.6) is 0 Å². The Bertz CT molecular complexity index is 1570. The summed E-state index contributed by atoms with van der Waals surface area (Å²) in [5, 5.41) is 5.06. The van der Waals surface area contributed by atoms with Crippen LogP contribution in [0, 0.1) is 0 Å². The number of hydrogen-bond acceptors (Lipinski definition) is 4. The van der Waals surface area contributed by atoms with Crippen molar-refractivity contribution in [3.05, 3.63) is 105 Å². The highest BCUT2D eigenvalue weighted by Crippen LogP contribution is 2.44. The van der Waals surface area contributed by atoms with E-state index in [0.29, 0.717) is 17.5 Å². The standard InChI is InChI=1S/C27H18BrNO3S/c28-19-9-10-23-18(14-19)15-22(27(31)32-23)25(30)29-11-12-33-26(29)24-20-7-3-1-5-16(20)13-17-6-2-4-8-21(17)24/h1-10,13-15,26H,11-12H2/t26-/m1/s1. The van der Waals surface area contributed by atoms with Gasteiger partial charge in [0.15, 0.2) is 0 Å². The smallest absolute Gasteiger partial charge is 0.349 e. The zero-order valence-electron chi connectivity index (χ0n) is 17.5. The number of thioether (sulfide) groups is 1. The molecule has 4 nitrogen and oxygen atoms in total.